The lowest BCUT2D eigenvalue weighted by Gasteiger charge is -2.50. The third-order valence-electron chi connectivity index (χ3n) is 6.85. The second-order valence-electron chi connectivity index (χ2n) is 10.1. The number of rotatable bonds is 11. The number of aliphatic hydroxyl groups is 1. The predicted octanol–water partition coefficient (Wildman–Crippen LogP) is 5.36. The van der Waals surface area contributed by atoms with E-state index in [4.69, 9.17) is 16.3 Å². The third kappa shape index (κ3) is 6.45. The molecule has 200 valence electrons. The van der Waals surface area contributed by atoms with E-state index in [1.165, 1.54) is 7.11 Å². The zero-order chi connectivity index (χ0) is 27.2. The third-order valence-corrected chi connectivity index (χ3v) is 7.24. The van der Waals surface area contributed by atoms with Crippen LogP contribution in [0, 0.1) is 0 Å². The maximum absolute atomic E-state index is 14.7. The van der Waals surface area contributed by atoms with Gasteiger partial charge in [-0.2, -0.15) is 0 Å². The summed E-state index contributed by atoms with van der Waals surface area (Å²) in [5.74, 6) is -0.732. The Hall–Kier alpha value is -2.03. The molecule has 2 aliphatic rings. The lowest BCUT2D eigenvalue weighted by molar-refractivity contribution is -0.163. The van der Waals surface area contributed by atoms with E-state index in [1.807, 2.05) is 31.9 Å². The van der Waals surface area contributed by atoms with Gasteiger partial charge >= 0.3 is 0 Å². The van der Waals surface area contributed by atoms with Crippen molar-refractivity contribution in [3.05, 3.63) is 56.7 Å². The molecule has 0 aromatic heterocycles. The van der Waals surface area contributed by atoms with E-state index in [0.717, 1.165) is 31.3 Å². The van der Waals surface area contributed by atoms with Crippen molar-refractivity contribution in [2.75, 3.05) is 20.2 Å². The molecule has 0 aromatic rings. The summed E-state index contributed by atoms with van der Waals surface area (Å²) < 4.78 is 20.4. The maximum Gasteiger partial charge on any atom is 0.272 e. The van der Waals surface area contributed by atoms with Crippen LogP contribution in [-0.4, -0.2) is 60.8 Å². The van der Waals surface area contributed by atoms with Crippen LogP contribution < -0.4 is 5.32 Å². The van der Waals surface area contributed by atoms with Crippen molar-refractivity contribution in [2.45, 2.75) is 85.4 Å². The molecule has 2 N–H and O–H groups in total. The summed E-state index contributed by atoms with van der Waals surface area (Å²) in [4.78, 5) is 14.0. The molecule has 36 heavy (non-hydrogen) atoms. The number of carbonyl (C=O) groups is 1. The molecule has 1 amide bonds. The number of nitrogens with one attached hydrogen (secondary N) is 1. The average Bonchev–Trinajstić information content (AvgIpc) is 2.84. The summed E-state index contributed by atoms with van der Waals surface area (Å²) in [5.41, 5.74) is 1.74. The van der Waals surface area contributed by atoms with E-state index >= 15 is 0 Å². The molecule has 1 heterocycles. The minimum atomic E-state index is -0.964. The van der Waals surface area contributed by atoms with Gasteiger partial charge < -0.3 is 15.2 Å². The van der Waals surface area contributed by atoms with Crippen molar-refractivity contribution in [1.82, 2.24) is 15.3 Å². The van der Waals surface area contributed by atoms with Crippen LogP contribution in [-0.2, 0) is 9.53 Å². The normalized spacial score (nSPS) is 21.0. The van der Waals surface area contributed by atoms with Gasteiger partial charge in [-0.1, -0.05) is 49.5 Å². The fraction of sp³-hybridized carbons (Fsp3) is 0.593. The van der Waals surface area contributed by atoms with E-state index in [-0.39, 0.29) is 29.6 Å². The highest BCUT2D eigenvalue weighted by atomic mass is 35.5. The SMILES string of the molecule is B/C(C)=C(F)/C(C)=C(\CC)NC(OC)C1=C(O)C(C)(C)N(CCCC)N(CC2=CCCC=C2Cl)C1=O. The topological polar surface area (TPSA) is 65.0 Å². The number of ether oxygens (including phenoxy) is 1. The first-order chi connectivity index (χ1) is 16.9. The smallest absolute Gasteiger partial charge is 0.272 e. The Morgan fingerprint density at radius 2 is 1.94 bits per heavy atom. The van der Waals surface area contributed by atoms with Gasteiger partial charge in [-0.3, -0.25) is 9.80 Å². The lowest BCUT2D eigenvalue weighted by Crippen LogP contribution is -2.63. The van der Waals surface area contributed by atoms with Gasteiger partial charge in [0.25, 0.3) is 5.91 Å². The number of aliphatic hydroxyl groups excluding tert-OH is 1. The Morgan fingerprint density at radius 1 is 1.31 bits per heavy atom. The Morgan fingerprint density at radius 3 is 2.47 bits per heavy atom. The number of carbonyl (C=O) groups excluding carboxylic acids is 1. The molecule has 2 rings (SSSR count). The highest BCUT2D eigenvalue weighted by Crippen LogP contribution is 2.36. The summed E-state index contributed by atoms with van der Waals surface area (Å²) in [5, 5.41) is 18.9. The second-order valence-corrected chi connectivity index (χ2v) is 10.5. The van der Waals surface area contributed by atoms with Crippen molar-refractivity contribution in [3.8, 4) is 0 Å². The summed E-state index contributed by atoms with van der Waals surface area (Å²) in [6.07, 6.45) is 7.10. The number of halogens is 2. The second kappa shape index (κ2) is 13.0. The van der Waals surface area contributed by atoms with Gasteiger partial charge in [-0.25, -0.2) is 9.40 Å². The van der Waals surface area contributed by atoms with Crippen molar-refractivity contribution in [3.63, 3.8) is 0 Å². The molecular formula is C27H42BClFN3O3. The van der Waals surface area contributed by atoms with Crippen LogP contribution in [0.5, 0.6) is 0 Å². The molecule has 9 heteroatoms. The molecule has 0 bridgehead atoms. The molecule has 0 saturated heterocycles. The Balaban J connectivity index is 2.58. The van der Waals surface area contributed by atoms with Crippen molar-refractivity contribution >= 4 is 25.4 Å². The molecule has 1 unspecified atom stereocenters. The molecule has 0 fully saturated rings. The van der Waals surface area contributed by atoms with E-state index in [0.29, 0.717) is 34.7 Å². The first kappa shape index (κ1) is 30.2. The molecular weight excluding hydrogens is 480 g/mol. The van der Waals surface area contributed by atoms with Crippen molar-refractivity contribution < 1.29 is 19.0 Å². The van der Waals surface area contributed by atoms with Crippen LogP contribution in [0.2, 0.25) is 0 Å². The minimum absolute atomic E-state index is 0.0609. The zero-order valence-electron chi connectivity index (χ0n) is 23.1. The van der Waals surface area contributed by atoms with Gasteiger partial charge in [0.2, 0.25) is 0 Å². The monoisotopic (exact) mass is 521 g/mol. The minimum Gasteiger partial charge on any atom is -0.510 e. The molecule has 1 aliphatic heterocycles. The summed E-state index contributed by atoms with van der Waals surface area (Å²) in [6, 6.07) is 0. The van der Waals surface area contributed by atoms with Gasteiger partial charge in [0.1, 0.15) is 25.0 Å². The molecule has 1 aliphatic carbocycles. The van der Waals surface area contributed by atoms with Gasteiger partial charge in [-0.15, -0.1) is 0 Å². The highest BCUT2D eigenvalue weighted by molar-refractivity contribution is 6.32. The van der Waals surface area contributed by atoms with Crippen LogP contribution in [0.1, 0.15) is 73.6 Å². The number of methoxy groups -OCH3 is 1. The van der Waals surface area contributed by atoms with Crippen molar-refractivity contribution in [2.24, 2.45) is 0 Å². The number of hydrazine groups is 1. The first-order valence-electron chi connectivity index (χ1n) is 12.8. The molecule has 6 nitrogen and oxygen atoms in total. The average molecular weight is 522 g/mol. The van der Waals surface area contributed by atoms with Crippen LogP contribution >= 0.6 is 11.6 Å². The molecule has 0 radical (unpaired) electrons. The largest absolute Gasteiger partial charge is 0.510 e. The van der Waals surface area contributed by atoms with Crippen molar-refractivity contribution in [1.29, 1.82) is 0 Å². The molecule has 0 saturated carbocycles. The molecule has 0 spiro atoms. The zero-order valence-corrected chi connectivity index (χ0v) is 23.9. The number of allylic oxidation sites excluding steroid dienone is 6. The lowest BCUT2D eigenvalue weighted by atomic mass is 9.91. The molecule has 1 atom stereocenters. The first-order valence-corrected chi connectivity index (χ1v) is 13.2. The predicted molar refractivity (Wildman–Crippen MR) is 148 cm³/mol. The van der Waals surface area contributed by atoms with Gasteiger partial charge in [0, 0.05) is 30.0 Å². The highest BCUT2D eigenvalue weighted by Gasteiger charge is 2.48. The summed E-state index contributed by atoms with van der Waals surface area (Å²) in [7, 11) is 3.18. The fourth-order valence-electron chi connectivity index (χ4n) is 4.59. The van der Waals surface area contributed by atoms with Gasteiger partial charge in [-0.05, 0) is 59.0 Å². The fourth-order valence-corrected chi connectivity index (χ4v) is 4.84. The number of amides is 1. The van der Waals surface area contributed by atoms with Crippen LogP contribution in [0.25, 0.3) is 0 Å². The van der Waals surface area contributed by atoms with E-state index in [2.05, 4.69) is 18.3 Å². The van der Waals surface area contributed by atoms with E-state index in [1.54, 1.807) is 26.7 Å². The number of hydrogen-bond donors (Lipinski definition) is 2. The van der Waals surface area contributed by atoms with Crippen LogP contribution in [0.15, 0.2) is 56.7 Å². The van der Waals surface area contributed by atoms with Crippen LogP contribution in [0.4, 0.5) is 4.39 Å². The number of hydrogen-bond acceptors (Lipinski definition) is 5. The Bertz CT molecular complexity index is 996. The van der Waals surface area contributed by atoms with Crippen LogP contribution in [0.3, 0.4) is 0 Å². The standard InChI is InChI=1S/C27H42BClFN3O3/c1-8-10-15-33-27(5,6)24(34)22(26(35)32(33)16-19-13-11-12-14-20(19)29)25(36-7)31-21(9-2)17(3)23(30)18(4)28/h13-14,25,31,34H,8-12,15-16,28H2,1-7H3/b21-17+,23-18-. The number of unbranched alkanes of at least 4 members (excludes halogenated alkanes) is 1. The molecule has 0 aromatic carbocycles. The summed E-state index contributed by atoms with van der Waals surface area (Å²) in [6.45, 7) is 12.1. The van der Waals surface area contributed by atoms with Gasteiger partial charge in [0.15, 0.2) is 6.23 Å². The van der Waals surface area contributed by atoms with E-state index in [9.17, 15) is 14.3 Å². The summed E-state index contributed by atoms with van der Waals surface area (Å²) >= 11 is 6.50. The Kier molecular flexibility index (Phi) is 10.9. The number of nitrogens with zero attached hydrogens (tertiary/aromatic N) is 2. The quantitative estimate of drug-likeness (QED) is 0.218. The Labute approximate surface area is 221 Å². The maximum atomic E-state index is 14.7. The van der Waals surface area contributed by atoms with Gasteiger partial charge in [0.05, 0.1) is 12.1 Å². The van der Waals surface area contributed by atoms with E-state index < -0.39 is 11.8 Å².